The maximum absolute atomic E-state index is 3.81. The summed E-state index contributed by atoms with van der Waals surface area (Å²) in [6.07, 6.45) is 0. The molecule has 1 nitrogen and oxygen atoms in total. The van der Waals surface area contributed by atoms with Gasteiger partial charge in [0.25, 0.3) is 0 Å². The minimum absolute atomic E-state index is 0. The zero-order valence-electron chi connectivity index (χ0n) is 7.35. The van der Waals surface area contributed by atoms with Crippen LogP contribution in [-0.4, -0.2) is 23.5 Å². The standard InChI is InChI=1S/C8H17N.Y/c1-6-9(7-2)8(3,4)5;/h1-2,6-7H2,3-5H3;/q-2;. The van der Waals surface area contributed by atoms with Gasteiger partial charge in [-0.2, -0.15) is 0 Å². The van der Waals surface area contributed by atoms with E-state index in [1.165, 1.54) is 0 Å². The third kappa shape index (κ3) is 4.81. The minimum Gasteiger partial charge on any atom is -0.358 e. The molecule has 0 bridgehead atoms. The van der Waals surface area contributed by atoms with E-state index in [0.717, 1.165) is 13.1 Å². The van der Waals surface area contributed by atoms with Gasteiger partial charge in [-0.25, -0.2) is 0 Å². The fourth-order valence-electron chi connectivity index (χ4n) is 0.783. The second-order valence-corrected chi connectivity index (χ2v) is 3.16. The average molecular weight is 216 g/mol. The van der Waals surface area contributed by atoms with E-state index < -0.39 is 0 Å². The van der Waals surface area contributed by atoms with Crippen LogP contribution in [0, 0.1) is 13.8 Å². The van der Waals surface area contributed by atoms with Crippen molar-refractivity contribution in [1.29, 1.82) is 0 Å². The Kier molecular flexibility index (Phi) is 7.75. The van der Waals surface area contributed by atoms with Crippen molar-refractivity contribution in [3.05, 3.63) is 13.8 Å². The van der Waals surface area contributed by atoms with Gasteiger partial charge in [-0.05, 0) is 20.8 Å². The third-order valence-corrected chi connectivity index (χ3v) is 1.49. The first kappa shape index (κ1) is 13.6. The van der Waals surface area contributed by atoms with Crippen LogP contribution < -0.4 is 0 Å². The second kappa shape index (κ2) is 5.68. The van der Waals surface area contributed by atoms with Crippen molar-refractivity contribution in [1.82, 2.24) is 4.90 Å². The molecular formula is C8H17NY-2. The van der Waals surface area contributed by atoms with Crippen molar-refractivity contribution in [2.45, 2.75) is 26.3 Å². The fraction of sp³-hybridized carbons (Fsp3) is 0.750. The number of nitrogens with zero attached hydrogens (tertiary/aromatic N) is 1. The van der Waals surface area contributed by atoms with Gasteiger partial charge in [0.1, 0.15) is 0 Å². The molecule has 0 aromatic rings. The first-order valence-corrected chi connectivity index (χ1v) is 3.36. The van der Waals surface area contributed by atoms with Crippen molar-refractivity contribution in [3.63, 3.8) is 0 Å². The molecule has 0 aliphatic carbocycles. The Bertz CT molecular complexity index is 71.8. The molecule has 0 aliphatic heterocycles. The van der Waals surface area contributed by atoms with E-state index >= 15 is 0 Å². The Balaban J connectivity index is 0. The van der Waals surface area contributed by atoms with E-state index in [1.807, 2.05) is 0 Å². The molecule has 0 N–H and O–H groups in total. The Morgan fingerprint density at radius 3 is 1.40 bits per heavy atom. The largest absolute Gasteiger partial charge is 0.358 e. The predicted octanol–water partition coefficient (Wildman–Crippen LogP) is 1.75. The van der Waals surface area contributed by atoms with Gasteiger partial charge in [0.05, 0.1) is 0 Å². The van der Waals surface area contributed by atoms with Gasteiger partial charge < -0.3 is 18.7 Å². The third-order valence-electron chi connectivity index (χ3n) is 1.49. The first-order valence-electron chi connectivity index (χ1n) is 3.36. The van der Waals surface area contributed by atoms with Crippen LogP contribution in [0.1, 0.15) is 20.8 Å². The summed E-state index contributed by atoms with van der Waals surface area (Å²) in [5.74, 6) is 0. The Hall–Kier alpha value is 1.06. The van der Waals surface area contributed by atoms with Gasteiger partial charge in [0.15, 0.2) is 0 Å². The summed E-state index contributed by atoms with van der Waals surface area (Å²) in [6.45, 7) is 15.8. The van der Waals surface area contributed by atoms with Crippen LogP contribution in [0.3, 0.4) is 0 Å². The first-order chi connectivity index (χ1) is 4.02. The zero-order chi connectivity index (χ0) is 7.49. The van der Waals surface area contributed by atoms with Crippen LogP contribution in [-0.2, 0) is 32.7 Å². The molecule has 1 radical (unpaired) electrons. The smallest absolute Gasteiger partial charge is 0.00714 e. The maximum Gasteiger partial charge on any atom is 0.00714 e. The van der Waals surface area contributed by atoms with Crippen molar-refractivity contribution in [2.24, 2.45) is 0 Å². The Morgan fingerprint density at radius 2 is 1.40 bits per heavy atom. The molecular weight excluding hydrogens is 199 g/mol. The molecule has 2 heteroatoms. The number of hydrogen-bond donors (Lipinski definition) is 0. The summed E-state index contributed by atoms with van der Waals surface area (Å²) in [5.41, 5.74) is 0.226. The Morgan fingerprint density at radius 1 is 1.10 bits per heavy atom. The molecule has 0 atom stereocenters. The topological polar surface area (TPSA) is 3.24 Å². The molecule has 0 fully saturated rings. The van der Waals surface area contributed by atoms with Crippen LogP contribution in [0.2, 0.25) is 0 Å². The SMILES string of the molecule is [CH2-]CN(C[CH2-])C(C)(C)C.[Y]. The summed E-state index contributed by atoms with van der Waals surface area (Å²) in [4.78, 5) is 2.22. The Labute approximate surface area is 90.4 Å². The van der Waals surface area contributed by atoms with Gasteiger partial charge in [0.2, 0.25) is 0 Å². The second-order valence-electron chi connectivity index (χ2n) is 3.16. The van der Waals surface area contributed by atoms with Gasteiger partial charge in [-0.1, -0.05) is 0 Å². The molecule has 59 valence electrons. The van der Waals surface area contributed by atoms with E-state index in [0.29, 0.717) is 0 Å². The van der Waals surface area contributed by atoms with Gasteiger partial charge >= 0.3 is 0 Å². The summed E-state index contributed by atoms with van der Waals surface area (Å²) < 4.78 is 0. The van der Waals surface area contributed by atoms with Crippen molar-refractivity contribution in [2.75, 3.05) is 13.1 Å². The van der Waals surface area contributed by atoms with Crippen LogP contribution >= 0.6 is 0 Å². The van der Waals surface area contributed by atoms with Crippen molar-refractivity contribution < 1.29 is 32.7 Å². The molecule has 0 saturated carbocycles. The molecule has 0 aromatic carbocycles. The summed E-state index contributed by atoms with van der Waals surface area (Å²) in [7, 11) is 0. The summed E-state index contributed by atoms with van der Waals surface area (Å²) >= 11 is 0. The molecule has 0 amide bonds. The summed E-state index contributed by atoms with van der Waals surface area (Å²) in [5, 5.41) is 0. The van der Waals surface area contributed by atoms with E-state index in [1.54, 1.807) is 0 Å². The molecule has 0 aromatic heterocycles. The minimum atomic E-state index is 0. The van der Waals surface area contributed by atoms with Gasteiger partial charge in [-0.15, -0.1) is 13.1 Å². The van der Waals surface area contributed by atoms with Gasteiger partial charge in [0, 0.05) is 38.2 Å². The van der Waals surface area contributed by atoms with E-state index in [4.69, 9.17) is 0 Å². The average Bonchev–Trinajstić information content (AvgIpc) is 1.65. The molecule has 10 heavy (non-hydrogen) atoms. The molecule has 0 heterocycles. The van der Waals surface area contributed by atoms with E-state index in [9.17, 15) is 0 Å². The molecule has 0 rings (SSSR count). The molecule has 0 saturated heterocycles. The van der Waals surface area contributed by atoms with Crippen LogP contribution in [0.4, 0.5) is 0 Å². The van der Waals surface area contributed by atoms with E-state index in [2.05, 4.69) is 39.5 Å². The molecule has 0 spiro atoms. The van der Waals surface area contributed by atoms with Crippen molar-refractivity contribution >= 4 is 0 Å². The fourth-order valence-corrected chi connectivity index (χ4v) is 0.783. The normalized spacial score (nSPS) is 11.4. The monoisotopic (exact) mass is 216 g/mol. The molecule has 0 aliphatic rings. The number of hydrogen-bond acceptors (Lipinski definition) is 1. The predicted molar refractivity (Wildman–Crippen MR) is 42.0 cm³/mol. The molecule has 0 unspecified atom stereocenters. The van der Waals surface area contributed by atoms with Gasteiger partial charge in [-0.3, -0.25) is 0 Å². The van der Waals surface area contributed by atoms with Crippen LogP contribution in [0.25, 0.3) is 0 Å². The van der Waals surface area contributed by atoms with Crippen LogP contribution in [0.5, 0.6) is 0 Å². The zero-order valence-corrected chi connectivity index (χ0v) is 10.2. The number of rotatable bonds is 2. The van der Waals surface area contributed by atoms with Crippen LogP contribution in [0.15, 0.2) is 0 Å². The van der Waals surface area contributed by atoms with E-state index in [-0.39, 0.29) is 38.2 Å². The quantitative estimate of drug-likeness (QED) is 0.635. The summed E-state index contributed by atoms with van der Waals surface area (Å²) in [6, 6.07) is 0. The maximum atomic E-state index is 3.81. The van der Waals surface area contributed by atoms with Crippen molar-refractivity contribution in [3.8, 4) is 0 Å².